The molecule has 6 heteroatoms. The summed E-state index contributed by atoms with van der Waals surface area (Å²) in [6.07, 6.45) is 7.48. The Kier molecular flexibility index (Phi) is 5.62. The van der Waals surface area contributed by atoms with Gasteiger partial charge in [-0.1, -0.05) is 19.3 Å². The maximum atomic E-state index is 12.2. The predicted molar refractivity (Wildman–Crippen MR) is 75.3 cm³/mol. The van der Waals surface area contributed by atoms with Gasteiger partial charge >= 0.3 is 0 Å². The molecule has 2 aliphatic rings. The minimum Gasteiger partial charge on any atom is -0.377 e. The number of nitrogens with two attached hydrogens (primary N) is 1. The van der Waals surface area contributed by atoms with Gasteiger partial charge in [-0.05, 0) is 31.6 Å². The summed E-state index contributed by atoms with van der Waals surface area (Å²) in [6, 6.07) is -0.105. The highest BCUT2D eigenvalue weighted by atomic mass is 32.2. The van der Waals surface area contributed by atoms with E-state index in [1.54, 1.807) is 0 Å². The van der Waals surface area contributed by atoms with Crippen molar-refractivity contribution >= 4 is 10.0 Å². The van der Waals surface area contributed by atoms with E-state index in [1.165, 1.54) is 19.3 Å². The van der Waals surface area contributed by atoms with E-state index in [4.69, 9.17) is 10.5 Å². The molecule has 1 saturated heterocycles. The molecule has 1 heterocycles. The van der Waals surface area contributed by atoms with Gasteiger partial charge in [0.05, 0.1) is 11.9 Å². The number of hydrogen-bond acceptors (Lipinski definition) is 4. The zero-order valence-corrected chi connectivity index (χ0v) is 12.3. The summed E-state index contributed by atoms with van der Waals surface area (Å²) in [5, 5.41) is 0. The van der Waals surface area contributed by atoms with Crippen LogP contribution in [0.4, 0.5) is 0 Å². The maximum Gasteiger partial charge on any atom is 0.214 e. The Hall–Kier alpha value is -0.170. The van der Waals surface area contributed by atoms with Crippen LogP contribution in [0.3, 0.4) is 0 Å². The molecule has 1 aliphatic carbocycles. The molecule has 0 aromatic heterocycles. The van der Waals surface area contributed by atoms with Crippen molar-refractivity contribution < 1.29 is 13.2 Å². The van der Waals surface area contributed by atoms with Crippen molar-refractivity contribution in [2.45, 2.75) is 57.1 Å². The third kappa shape index (κ3) is 4.70. The Balaban J connectivity index is 1.88. The fraction of sp³-hybridized carbons (Fsp3) is 1.00. The van der Waals surface area contributed by atoms with Crippen LogP contribution in [0.5, 0.6) is 0 Å². The first-order valence-electron chi connectivity index (χ1n) is 7.42. The maximum absolute atomic E-state index is 12.2. The highest BCUT2D eigenvalue weighted by Crippen LogP contribution is 2.26. The normalized spacial score (nSPS) is 27.5. The Labute approximate surface area is 116 Å². The summed E-state index contributed by atoms with van der Waals surface area (Å²) in [5.74, 6) is 0.481. The Morgan fingerprint density at radius 1 is 1.16 bits per heavy atom. The highest BCUT2D eigenvalue weighted by Gasteiger charge is 2.29. The van der Waals surface area contributed by atoms with Gasteiger partial charge in [-0.3, -0.25) is 0 Å². The van der Waals surface area contributed by atoms with Gasteiger partial charge < -0.3 is 10.5 Å². The first-order valence-corrected chi connectivity index (χ1v) is 9.07. The van der Waals surface area contributed by atoms with E-state index in [-0.39, 0.29) is 17.9 Å². The van der Waals surface area contributed by atoms with E-state index in [9.17, 15) is 8.42 Å². The summed E-state index contributed by atoms with van der Waals surface area (Å²) in [4.78, 5) is 0. The summed E-state index contributed by atoms with van der Waals surface area (Å²) in [7, 11) is -3.28. The van der Waals surface area contributed by atoms with Gasteiger partial charge in [0, 0.05) is 19.2 Å². The molecule has 5 nitrogen and oxygen atoms in total. The second-order valence-corrected chi connectivity index (χ2v) is 7.57. The molecular weight excluding hydrogens is 264 g/mol. The van der Waals surface area contributed by atoms with Crippen LogP contribution in [0.25, 0.3) is 0 Å². The van der Waals surface area contributed by atoms with Gasteiger partial charge in [0.1, 0.15) is 0 Å². The average molecular weight is 290 g/mol. The second kappa shape index (κ2) is 7.02. The standard InChI is InChI=1S/C13H26N2O3S/c14-9-13(11-5-2-1-3-6-11)15-19(16,17)10-12-7-4-8-18-12/h11-13,15H,1-10,14H2. The van der Waals surface area contributed by atoms with Crippen LogP contribution in [0.15, 0.2) is 0 Å². The molecule has 0 bridgehead atoms. The molecule has 112 valence electrons. The zero-order chi connectivity index (χ0) is 13.7. The topological polar surface area (TPSA) is 81.4 Å². The fourth-order valence-corrected chi connectivity index (χ4v) is 4.77. The number of hydrogen-bond donors (Lipinski definition) is 2. The summed E-state index contributed by atoms with van der Waals surface area (Å²) in [5.41, 5.74) is 5.76. The lowest BCUT2D eigenvalue weighted by atomic mass is 9.84. The quantitative estimate of drug-likeness (QED) is 0.764. The van der Waals surface area contributed by atoms with E-state index in [2.05, 4.69) is 4.72 Å². The lowest BCUT2D eigenvalue weighted by molar-refractivity contribution is 0.127. The Morgan fingerprint density at radius 3 is 2.47 bits per heavy atom. The first kappa shape index (κ1) is 15.2. The number of sulfonamides is 1. The van der Waals surface area contributed by atoms with Crippen molar-refractivity contribution in [3.8, 4) is 0 Å². The van der Waals surface area contributed by atoms with E-state index < -0.39 is 10.0 Å². The van der Waals surface area contributed by atoms with Crippen LogP contribution in [-0.4, -0.2) is 39.5 Å². The van der Waals surface area contributed by atoms with Gasteiger partial charge in [0.25, 0.3) is 0 Å². The largest absolute Gasteiger partial charge is 0.377 e. The molecule has 2 rings (SSSR count). The summed E-state index contributed by atoms with van der Waals surface area (Å²) in [6.45, 7) is 1.07. The van der Waals surface area contributed by atoms with E-state index in [0.717, 1.165) is 25.7 Å². The van der Waals surface area contributed by atoms with Crippen molar-refractivity contribution in [1.29, 1.82) is 0 Å². The number of ether oxygens (including phenoxy) is 1. The molecule has 1 aliphatic heterocycles. The molecule has 2 atom stereocenters. The molecule has 19 heavy (non-hydrogen) atoms. The average Bonchev–Trinajstić information content (AvgIpc) is 2.89. The van der Waals surface area contributed by atoms with Gasteiger partial charge in [-0.15, -0.1) is 0 Å². The molecule has 0 amide bonds. The smallest absolute Gasteiger partial charge is 0.214 e. The number of rotatable bonds is 6. The molecule has 0 aromatic rings. The predicted octanol–water partition coefficient (Wildman–Crippen LogP) is 0.992. The molecule has 1 saturated carbocycles. The number of nitrogens with one attached hydrogen (secondary N) is 1. The summed E-state index contributed by atoms with van der Waals surface area (Å²) >= 11 is 0. The highest BCUT2D eigenvalue weighted by molar-refractivity contribution is 7.89. The fourth-order valence-electron chi connectivity index (χ4n) is 3.17. The lowest BCUT2D eigenvalue weighted by Crippen LogP contribution is -2.47. The van der Waals surface area contributed by atoms with Crippen LogP contribution in [0.2, 0.25) is 0 Å². The minimum atomic E-state index is -3.28. The lowest BCUT2D eigenvalue weighted by Gasteiger charge is -2.30. The Morgan fingerprint density at radius 2 is 1.89 bits per heavy atom. The molecule has 0 aromatic carbocycles. The molecule has 2 unspecified atom stereocenters. The zero-order valence-electron chi connectivity index (χ0n) is 11.5. The van der Waals surface area contributed by atoms with Gasteiger partial charge in [0.2, 0.25) is 10.0 Å². The molecular formula is C13H26N2O3S. The van der Waals surface area contributed by atoms with Crippen LogP contribution in [0.1, 0.15) is 44.9 Å². The van der Waals surface area contributed by atoms with Crippen molar-refractivity contribution in [3.63, 3.8) is 0 Å². The van der Waals surface area contributed by atoms with Gasteiger partial charge in [-0.2, -0.15) is 0 Å². The molecule has 3 N–H and O–H groups in total. The SMILES string of the molecule is NCC(NS(=O)(=O)CC1CCCO1)C1CCCCC1. The van der Waals surface area contributed by atoms with Gasteiger partial charge in [-0.25, -0.2) is 13.1 Å². The third-order valence-electron chi connectivity index (χ3n) is 4.23. The molecule has 0 spiro atoms. The molecule has 0 radical (unpaired) electrons. The van der Waals surface area contributed by atoms with Crippen molar-refractivity contribution in [1.82, 2.24) is 4.72 Å². The first-order chi connectivity index (χ1) is 9.11. The minimum absolute atomic E-state index is 0.0796. The van der Waals surface area contributed by atoms with Crippen LogP contribution in [0, 0.1) is 5.92 Å². The van der Waals surface area contributed by atoms with Crippen molar-refractivity contribution in [2.75, 3.05) is 18.9 Å². The summed E-state index contributed by atoms with van der Waals surface area (Å²) < 4.78 is 32.5. The monoisotopic (exact) mass is 290 g/mol. The van der Waals surface area contributed by atoms with Crippen LogP contribution in [-0.2, 0) is 14.8 Å². The van der Waals surface area contributed by atoms with Crippen LogP contribution >= 0.6 is 0 Å². The second-order valence-electron chi connectivity index (χ2n) is 5.77. The van der Waals surface area contributed by atoms with Crippen molar-refractivity contribution in [3.05, 3.63) is 0 Å². The molecule has 2 fully saturated rings. The van der Waals surface area contributed by atoms with E-state index in [1.807, 2.05) is 0 Å². The third-order valence-corrected chi connectivity index (χ3v) is 5.71. The Bertz CT molecular complexity index is 360. The van der Waals surface area contributed by atoms with E-state index >= 15 is 0 Å². The van der Waals surface area contributed by atoms with Crippen molar-refractivity contribution in [2.24, 2.45) is 11.7 Å². The van der Waals surface area contributed by atoms with Crippen LogP contribution < -0.4 is 10.5 Å². The van der Waals surface area contributed by atoms with E-state index in [0.29, 0.717) is 19.1 Å². The van der Waals surface area contributed by atoms with Gasteiger partial charge in [0.15, 0.2) is 0 Å².